The van der Waals surface area contributed by atoms with Gasteiger partial charge in [-0.3, -0.25) is 4.98 Å². The van der Waals surface area contributed by atoms with E-state index >= 15 is 0 Å². The number of thiazole rings is 1. The van der Waals surface area contributed by atoms with Gasteiger partial charge in [0.25, 0.3) is 0 Å². The number of carbonyl (C=O) groups is 2. The number of aryl methyl sites for hydroxylation is 1. The predicted octanol–water partition coefficient (Wildman–Crippen LogP) is 1.54. The molecule has 0 spiro atoms. The zero-order chi connectivity index (χ0) is 15.2. The molecule has 8 heteroatoms. The molecule has 21 heavy (non-hydrogen) atoms. The molecule has 2 aromatic heterocycles. The number of aromatic carboxylic acids is 1. The normalized spacial score (nSPS) is 10.1. The Hall–Kier alpha value is -2.48. The van der Waals surface area contributed by atoms with Crippen molar-refractivity contribution in [1.29, 1.82) is 0 Å². The summed E-state index contributed by atoms with van der Waals surface area (Å²) in [6.45, 7) is 2.46. The highest BCUT2D eigenvalue weighted by Gasteiger charge is 2.06. The third-order valence-corrected chi connectivity index (χ3v) is 3.48. The number of rotatable bonds is 5. The summed E-state index contributed by atoms with van der Waals surface area (Å²) >= 11 is 1.52. The monoisotopic (exact) mass is 306 g/mol. The maximum Gasteiger partial charge on any atom is 0.335 e. The Balaban J connectivity index is 1.81. The van der Waals surface area contributed by atoms with E-state index in [9.17, 15) is 9.59 Å². The molecule has 0 saturated heterocycles. The summed E-state index contributed by atoms with van der Waals surface area (Å²) in [5.41, 5.74) is 0.621. The number of hydrogen-bond donors (Lipinski definition) is 3. The van der Waals surface area contributed by atoms with E-state index in [4.69, 9.17) is 5.11 Å². The van der Waals surface area contributed by atoms with Gasteiger partial charge in [0.2, 0.25) is 0 Å². The third kappa shape index (κ3) is 4.53. The third-order valence-electron chi connectivity index (χ3n) is 2.56. The van der Waals surface area contributed by atoms with Crippen LogP contribution in [0.1, 0.15) is 25.9 Å². The number of hydrogen-bond acceptors (Lipinski definition) is 5. The maximum absolute atomic E-state index is 11.6. The molecule has 0 bridgehead atoms. The van der Waals surface area contributed by atoms with Gasteiger partial charge in [-0.2, -0.15) is 0 Å². The molecule has 0 aromatic carbocycles. The number of urea groups is 1. The van der Waals surface area contributed by atoms with Gasteiger partial charge in [-0.15, -0.1) is 11.3 Å². The van der Waals surface area contributed by atoms with Crippen LogP contribution in [0.3, 0.4) is 0 Å². The highest BCUT2D eigenvalue weighted by atomic mass is 32.1. The van der Waals surface area contributed by atoms with E-state index in [1.807, 2.05) is 6.92 Å². The molecule has 0 radical (unpaired) electrons. The lowest BCUT2D eigenvalue weighted by molar-refractivity contribution is 0.0696. The Morgan fingerprint density at radius 2 is 2.05 bits per heavy atom. The molecule has 110 valence electrons. The topological polar surface area (TPSA) is 104 Å². The molecule has 0 aliphatic carbocycles. The summed E-state index contributed by atoms with van der Waals surface area (Å²) in [5, 5.41) is 15.0. The molecule has 7 nitrogen and oxygen atoms in total. The standard InChI is InChI=1S/C13H14N4O3S/c1-8-5-15-11(21-8)7-17-13(20)16-6-10-4-9(12(18)19)2-3-14-10/h2-5H,6-7H2,1H3,(H,18,19)(H2,16,17,20). The summed E-state index contributed by atoms with van der Waals surface area (Å²) in [6.07, 6.45) is 3.15. The van der Waals surface area contributed by atoms with Gasteiger partial charge < -0.3 is 15.7 Å². The van der Waals surface area contributed by atoms with Crippen LogP contribution < -0.4 is 10.6 Å². The molecule has 2 amide bonds. The summed E-state index contributed by atoms with van der Waals surface area (Å²) in [5.74, 6) is -1.03. The number of carboxylic acid groups (broad SMARTS) is 1. The number of carboxylic acids is 1. The average Bonchev–Trinajstić information content (AvgIpc) is 2.89. The van der Waals surface area contributed by atoms with Gasteiger partial charge in [0, 0.05) is 17.3 Å². The van der Waals surface area contributed by atoms with E-state index in [0.29, 0.717) is 12.2 Å². The van der Waals surface area contributed by atoms with Gasteiger partial charge in [-0.1, -0.05) is 0 Å². The van der Waals surface area contributed by atoms with E-state index in [0.717, 1.165) is 9.88 Å². The first kappa shape index (κ1) is 14.9. The Morgan fingerprint density at radius 1 is 1.29 bits per heavy atom. The Kier molecular flexibility index (Phi) is 4.83. The Labute approximate surface area is 125 Å². The minimum Gasteiger partial charge on any atom is -0.478 e. The molecule has 3 N–H and O–H groups in total. The van der Waals surface area contributed by atoms with E-state index < -0.39 is 5.97 Å². The van der Waals surface area contributed by atoms with Crippen LogP contribution in [0.25, 0.3) is 0 Å². The maximum atomic E-state index is 11.6. The van der Waals surface area contributed by atoms with Gasteiger partial charge >= 0.3 is 12.0 Å². The fourth-order valence-corrected chi connectivity index (χ4v) is 2.31. The lowest BCUT2D eigenvalue weighted by Gasteiger charge is -2.06. The molecule has 0 saturated carbocycles. The molecule has 0 unspecified atom stereocenters. The van der Waals surface area contributed by atoms with Crippen LogP contribution in [-0.2, 0) is 13.1 Å². The number of nitrogens with zero attached hydrogens (tertiary/aromatic N) is 2. The minimum absolute atomic E-state index is 0.139. The van der Waals surface area contributed by atoms with Crippen LogP contribution in [0.5, 0.6) is 0 Å². The van der Waals surface area contributed by atoms with Crippen molar-refractivity contribution in [1.82, 2.24) is 20.6 Å². The fraction of sp³-hybridized carbons (Fsp3) is 0.231. The van der Waals surface area contributed by atoms with E-state index in [2.05, 4.69) is 20.6 Å². The lowest BCUT2D eigenvalue weighted by atomic mass is 10.2. The van der Waals surface area contributed by atoms with Crippen molar-refractivity contribution >= 4 is 23.3 Å². The second-order valence-electron chi connectivity index (χ2n) is 4.24. The second kappa shape index (κ2) is 6.80. The molecule has 2 heterocycles. The quantitative estimate of drug-likeness (QED) is 0.777. The van der Waals surface area contributed by atoms with Crippen molar-refractivity contribution in [3.63, 3.8) is 0 Å². The number of pyridine rings is 1. The molecule has 0 aliphatic rings. The summed E-state index contributed by atoms with van der Waals surface area (Å²) in [4.78, 5) is 31.7. The summed E-state index contributed by atoms with van der Waals surface area (Å²) in [7, 11) is 0. The smallest absolute Gasteiger partial charge is 0.335 e. The van der Waals surface area contributed by atoms with Crippen molar-refractivity contribution in [2.75, 3.05) is 0 Å². The molecule has 0 atom stereocenters. The fourth-order valence-electron chi connectivity index (χ4n) is 1.58. The molecule has 2 aromatic rings. The number of amides is 2. The molecule has 0 aliphatic heterocycles. The first-order chi connectivity index (χ1) is 10.0. The van der Waals surface area contributed by atoms with Gasteiger partial charge in [-0.05, 0) is 19.1 Å². The van der Waals surface area contributed by atoms with Crippen molar-refractivity contribution in [3.8, 4) is 0 Å². The van der Waals surface area contributed by atoms with E-state index in [1.54, 1.807) is 6.20 Å². The zero-order valence-electron chi connectivity index (χ0n) is 11.3. The SMILES string of the molecule is Cc1cnc(CNC(=O)NCc2cc(C(=O)O)ccn2)s1. The number of nitrogens with one attached hydrogen (secondary N) is 2. The zero-order valence-corrected chi connectivity index (χ0v) is 12.1. The Morgan fingerprint density at radius 3 is 2.71 bits per heavy atom. The van der Waals surface area contributed by atoms with Gasteiger partial charge in [0.15, 0.2) is 0 Å². The van der Waals surface area contributed by atoms with Crippen molar-refractivity contribution in [2.24, 2.45) is 0 Å². The molecule has 2 rings (SSSR count). The van der Waals surface area contributed by atoms with Crippen LogP contribution in [0.15, 0.2) is 24.5 Å². The minimum atomic E-state index is -1.03. The lowest BCUT2D eigenvalue weighted by Crippen LogP contribution is -2.34. The van der Waals surface area contributed by atoms with Crippen LogP contribution in [0, 0.1) is 6.92 Å². The van der Waals surface area contributed by atoms with Gasteiger partial charge in [0.05, 0.1) is 24.3 Å². The number of aromatic nitrogens is 2. The Bertz CT molecular complexity index is 656. The van der Waals surface area contributed by atoms with E-state index in [-0.39, 0.29) is 18.1 Å². The largest absolute Gasteiger partial charge is 0.478 e. The van der Waals surface area contributed by atoms with E-state index in [1.165, 1.54) is 29.7 Å². The van der Waals surface area contributed by atoms with Crippen molar-refractivity contribution in [3.05, 3.63) is 45.7 Å². The van der Waals surface area contributed by atoms with Crippen LogP contribution in [-0.4, -0.2) is 27.1 Å². The first-order valence-electron chi connectivity index (χ1n) is 6.16. The molecule has 0 fully saturated rings. The van der Waals surface area contributed by atoms with Crippen molar-refractivity contribution < 1.29 is 14.7 Å². The van der Waals surface area contributed by atoms with Crippen LogP contribution >= 0.6 is 11.3 Å². The second-order valence-corrected chi connectivity index (χ2v) is 5.56. The van der Waals surface area contributed by atoms with Gasteiger partial charge in [-0.25, -0.2) is 14.6 Å². The summed E-state index contributed by atoms with van der Waals surface area (Å²) < 4.78 is 0. The van der Waals surface area contributed by atoms with Gasteiger partial charge in [0.1, 0.15) is 5.01 Å². The van der Waals surface area contributed by atoms with Crippen LogP contribution in [0.4, 0.5) is 4.79 Å². The van der Waals surface area contributed by atoms with Crippen LogP contribution in [0.2, 0.25) is 0 Å². The highest BCUT2D eigenvalue weighted by molar-refractivity contribution is 7.11. The number of carbonyl (C=O) groups excluding carboxylic acids is 1. The first-order valence-corrected chi connectivity index (χ1v) is 6.97. The summed E-state index contributed by atoms with van der Waals surface area (Å²) in [6, 6.07) is 2.47. The van der Waals surface area contributed by atoms with Crippen molar-refractivity contribution in [2.45, 2.75) is 20.0 Å². The molecular formula is C13H14N4O3S. The average molecular weight is 306 g/mol. The highest BCUT2D eigenvalue weighted by Crippen LogP contribution is 2.10. The molecular weight excluding hydrogens is 292 g/mol. The predicted molar refractivity (Wildman–Crippen MR) is 77.1 cm³/mol.